The smallest absolute Gasteiger partial charge is 0.239 e. The van der Waals surface area contributed by atoms with Crippen molar-refractivity contribution in [3.05, 3.63) is 0 Å². The van der Waals surface area contributed by atoms with E-state index in [1.165, 1.54) is 25.7 Å². The highest BCUT2D eigenvalue weighted by Gasteiger charge is 2.23. The van der Waals surface area contributed by atoms with Crippen LogP contribution in [0.5, 0.6) is 0 Å². The zero-order chi connectivity index (χ0) is 16.8. The molecule has 5 nitrogen and oxygen atoms in total. The average molecular weight is 310 g/mol. The summed E-state index contributed by atoms with van der Waals surface area (Å²) in [6.45, 7) is 10.8. The van der Waals surface area contributed by atoms with Gasteiger partial charge in [-0.25, -0.2) is 0 Å². The molecule has 0 heterocycles. The number of guanidine groups is 1. The van der Waals surface area contributed by atoms with Crippen LogP contribution in [0.2, 0.25) is 0 Å². The minimum absolute atomic E-state index is 0.0148. The molecule has 128 valence electrons. The summed E-state index contributed by atoms with van der Waals surface area (Å²) in [4.78, 5) is 16.1. The van der Waals surface area contributed by atoms with Gasteiger partial charge in [0.15, 0.2) is 5.96 Å². The monoisotopic (exact) mass is 310 g/mol. The highest BCUT2D eigenvalue weighted by Crippen LogP contribution is 2.29. The zero-order valence-corrected chi connectivity index (χ0v) is 15.1. The Bertz CT molecular complexity index is 377. The van der Waals surface area contributed by atoms with Crippen LogP contribution in [0.15, 0.2) is 4.99 Å². The second-order valence-corrected chi connectivity index (χ2v) is 7.72. The molecule has 0 unspecified atom stereocenters. The summed E-state index contributed by atoms with van der Waals surface area (Å²) < 4.78 is 0. The molecule has 0 radical (unpaired) electrons. The molecule has 0 aromatic rings. The largest absolute Gasteiger partial charge is 0.354 e. The summed E-state index contributed by atoms with van der Waals surface area (Å²) >= 11 is 0. The van der Waals surface area contributed by atoms with E-state index in [9.17, 15) is 4.79 Å². The molecule has 0 spiro atoms. The summed E-state index contributed by atoms with van der Waals surface area (Å²) in [5.74, 6) is 2.33. The van der Waals surface area contributed by atoms with Gasteiger partial charge in [-0.1, -0.05) is 13.8 Å². The van der Waals surface area contributed by atoms with E-state index in [1.807, 2.05) is 20.8 Å². The van der Waals surface area contributed by atoms with Crippen LogP contribution < -0.4 is 16.0 Å². The van der Waals surface area contributed by atoms with Crippen LogP contribution in [0.3, 0.4) is 0 Å². The summed E-state index contributed by atoms with van der Waals surface area (Å²) in [5, 5.41) is 9.48. The van der Waals surface area contributed by atoms with Crippen LogP contribution in [0.25, 0.3) is 0 Å². The molecule has 1 aliphatic rings. The lowest BCUT2D eigenvalue weighted by molar-refractivity contribution is -0.121. The van der Waals surface area contributed by atoms with E-state index in [-0.39, 0.29) is 18.0 Å². The Morgan fingerprint density at radius 1 is 1.18 bits per heavy atom. The van der Waals surface area contributed by atoms with E-state index in [0.29, 0.717) is 6.04 Å². The maximum absolute atomic E-state index is 11.8. The molecule has 1 amide bonds. The lowest BCUT2D eigenvalue weighted by Gasteiger charge is -2.32. The number of aliphatic imine (C=N–C) groups is 1. The van der Waals surface area contributed by atoms with Crippen LogP contribution >= 0.6 is 0 Å². The quantitative estimate of drug-likeness (QED) is 0.551. The van der Waals surface area contributed by atoms with Gasteiger partial charge in [-0.2, -0.15) is 0 Å². The Kier molecular flexibility index (Phi) is 7.17. The van der Waals surface area contributed by atoms with Crippen LogP contribution in [0.1, 0.15) is 60.3 Å². The molecule has 1 saturated carbocycles. The van der Waals surface area contributed by atoms with E-state index < -0.39 is 0 Å². The molecule has 0 saturated heterocycles. The molecule has 22 heavy (non-hydrogen) atoms. The minimum Gasteiger partial charge on any atom is -0.354 e. The Balaban J connectivity index is 2.33. The summed E-state index contributed by atoms with van der Waals surface area (Å²) in [5.41, 5.74) is -0.203. The summed E-state index contributed by atoms with van der Waals surface area (Å²) in [6.07, 6.45) is 4.91. The van der Waals surface area contributed by atoms with Gasteiger partial charge in [-0.15, -0.1) is 0 Å². The predicted molar refractivity (Wildman–Crippen MR) is 93.0 cm³/mol. The van der Waals surface area contributed by atoms with Crippen LogP contribution in [-0.2, 0) is 4.79 Å². The second kappa shape index (κ2) is 8.39. The van der Waals surface area contributed by atoms with E-state index in [1.54, 1.807) is 7.05 Å². The van der Waals surface area contributed by atoms with Crippen LogP contribution in [0.4, 0.5) is 0 Å². The fraction of sp³-hybridized carbons (Fsp3) is 0.882. The highest BCUT2D eigenvalue weighted by atomic mass is 16.2. The van der Waals surface area contributed by atoms with Crippen molar-refractivity contribution in [1.82, 2.24) is 16.0 Å². The van der Waals surface area contributed by atoms with Crippen molar-refractivity contribution in [3.63, 3.8) is 0 Å². The molecule has 0 aromatic heterocycles. The maximum Gasteiger partial charge on any atom is 0.239 e. The van der Waals surface area contributed by atoms with Crippen molar-refractivity contribution >= 4 is 11.9 Å². The fourth-order valence-electron chi connectivity index (χ4n) is 2.94. The number of nitrogens with zero attached hydrogens (tertiary/aromatic N) is 1. The summed E-state index contributed by atoms with van der Waals surface area (Å²) in [7, 11) is 1.75. The summed E-state index contributed by atoms with van der Waals surface area (Å²) in [6, 6.07) is 0.465. The Hall–Kier alpha value is -1.26. The standard InChI is InChI=1S/C17H34N4O/c1-12(2)13-7-9-14(10-8-13)20-16(18-6)19-11-15(22)21-17(3,4)5/h12-14H,7-11H2,1-6H3,(H,21,22)(H2,18,19,20). The zero-order valence-electron chi connectivity index (χ0n) is 15.1. The van der Waals surface area contributed by atoms with Gasteiger partial charge in [0.2, 0.25) is 5.91 Å². The lowest BCUT2D eigenvalue weighted by atomic mass is 9.80. The van der Waals surface area contributed by atoms with Crippen molar-refractivity contribution in [2.45, 2.75) is 71.9 Å². The SMILES string of the molecule is CN=C(NCC(=O)NC(C)(C)C)NC1CCC(C(C)C)CC1. The normalized spacial score (nSPS) is 23.3. The van der Waals surface area contributed by atoms with Gasteiger partial charge in [0.05, 0.1) is 6.54 Å². The average Bonchev–Trinajstić information content (AvgIpc) is 2.42. The van der Waals surface area contributed by atoms with E-state index in [4.69, 9.17) is 0 Å². The predicted octanol–water partition coefficient (Wildman–Crippen LogP) is 2.28. The van der Waals surface area contributed by atoms with Crippen LogP contribution in [0, 0.1) is 11.8 Å². The third-order valence-corrected chi connectivity index (χ3v) is 4.21. The van der Waals surface area contributed by atoms with Gasteiger partial charge in [0, 0.05) is 18.6 Å². The molecule has 0 aliphatic heterocycles. The molecular formula is C17H34N4O. The van der Waals surface area contributed by atoms with Crippen LogP contribution in [-0.4, -0.2) is 37.0 Å². The van der Waals surface area contributed by atoms with Crippen molar-refractivity contribution < 1.29 is 4.79 Å². The van der Waals surface area contributed by atoms with E-state index >= 15 is 0 Å². The minimum atomic E-state index is -0.203. The number of hydrogen-bond donors (Lipinski definition) is 3. The molecule has 0 aromatic carbocycles. The van der Waals surface area contributed by atoms with Crippen molar-refractivity contribution in [2.24, 2.45) is 16.8 Å². The number of hydrogen-bond acceptors (Lipinski definition) is 2. The number of amides is 1. The molecule has 5 heteroatoms. The Morgan fingerprint density at radius 2 is 1.77 bits per heavy atom. The van der Waals surface area contributed by atoms with Gasteiger partial charge in [0.25, 0.3) is 0 Å². The van der Waals surface area contributed by atoms with Crippen molar-refractivity contribution in [1.29, 1.82) is 0 Å². The third kappa shape index (κ3) is 7.14. The first-order chi connectivity index (χ1) is 10.2. The third-order valence-electron chi connectivity index (χ3n) is 4.21. The molecule has 0 atom stereocenters. The first kappa shape index (κ1) is 18.8. The Morgan fingerprint density at radius 3 is 2.23 bits per heavy atom. The molecule has 1 aliphatic carbocycles. The highest BCUT2D eigenvalue weighted by molar-refractivity contribution is 5.86. The maximum atomic E-state index is 11.8. The topological polar surface area (TPSA) is 65.5 Å². The molecule has 1 fully saturated rings. The molecule has 3 N–H and O–H groups in total. The number of rotatable bonds is 4. The van der Waals surface area contributed by atoms with E-state index in [2.05, 4.69) is 34.8 Å². The van der Waals surface area contributed by atoms with E-state index in [0.717, 1.165) is 17.8 Å². The molecule has 1 rings (SSSR count). The van der Waals surface area contributed by atoms with Gasteiger partial charge in [-0.3, -0.25) is 9.79 Å². The molecule has 0 bridgehead atoms. The number of nitrogens with one attached hydrogen (secondary N) is 3. The van der Waals surface area contributed by atoms with Gasteiger partial charge < -0.3 is 16.0 Å². The molecular weight excluding hydrogens is 276 g/mol. The van der Waals surface area contributed by atoms with Crippen molar-refractivity contribution in [3.8, 4) is 0 Å². The first-order valence-corrected chi connectivity index (χ1v) is 8.49. The van der Waals surface area contributed by atoms with Gasteiger partial charge >= 0.3 is 0 Å². The number of carbonyl (C=O) groups excluding carboxylic acids is 1. The first-order valence-electron chi connectivity index (χ1n) is 8.49. The lowest BCUT2D eigenvalue weighted by Crippen LogP contribution is -2.50. The number of carbonyl (C=O) groups is 1. The van der Waals surface area contributed by atoms with Gasteiger partial charge in [-0.05, 0) is 58.3 Å². The fourth-order valence-corrected chi connectivity index (χ4v) is 2.94. The van der Waals surface area contributed by atoms with Gasteiger partial charge in [0.1, 0.15) is 0 Å². The Labute approximate surface area is 135 Å². The van der Waals surface area contributed by atoms with Crippen molar-refractivity contribution in [2.75, 3.05) is 13.6 Å². The second-order valence-electron chi connectivity index (χ2n) is 7.72.